The number of rotatable bonds is 1. The third-order valence-electron chi connectivity index (χ3n) is 2.27. The Labute approximate surface area is 212 Å². The molecule has 0 aliphatic rings. The number of pyridine rings is 3. The van der Waals surface area contributed by atoms with E-state index in [0.717, 1.165) is 5.69 Å². The summed E-state index contributed by atoms with van der Waals surface area (Å²) in [5.74, 6) is 0.451. The van der Waals surface area contributed by atoms with E-state index in [2.05, 4.69) is 19.8 Å². The summed E-state index contributed by atoms with van der Waals surface area (Å²) in [6.07, 6.45) is 6.84. The molecule has 0 aliphatic carbocycles. The first-order valence-electron chi connectivity index (χ1n) is 12.6. The van der Waals surface area contributed by atoms with Gasteiger partial charge in [0.2, 0.25) is 0 Å². The van der Waals surface area contributed by atoms with Gasteiger partial charge in [0, 0.05) is 25.1 Å². The van der Waals surface area contributed by atoms with Crippen molar-refractivity contribution in [3.63, 3.8) is 0 Å². The Balaban J connectivity index is -0.0000000712. The molecule has 0 aromatic carbocycles. The van der Waals surface area contributed by atoms with Gasteiger partial charge in [0.1, 0.15) is 6.20 Å². The van der Waals surface area contributed by atoms with Crippen molar-refractivity contribution in [3.8, 4) is 0 Å². The fourth-order valence-electron chi connectivity index (χ4n) is 1.25. The summed E-state index contributed by atoms with van der Waals surface area (Å²) in [5, 5.41) is 0. The molecular formula is C29H53N5. The third kappa shape index (κ3) is 42.9. The van der Waals surface area contributed by atoms with Crippen LogP contribution in [-0.4, -0.2) is 15.0 Å². The Bertz CT molecular complexity index is 613. The lowest BCUT2D eigenvalue weighted by Crippen LogP contribution is -1.97. The van der Waals surface area contributed by atoms with Crippen LogP contribution in [0.2, 0.25) is 0 Å². The van der Waals surface area contributed by atoms with Gasteiger partial charge < -0.3 is 10.6 Å². The normalized spacial score (nSPS) is 6.47. The summed E-state index contributed by atoms with van der Waals surface area (Å²) in [5.41, 5.74) is 6.22. The molecule has 34 heavy (non-hydrogen) atoms. The van der Waals surface area contributed by atoms with E-state index in [9.17, 15) is 0 Å². The molecule has 5 nitrogen and oxygen atoms in total. The maximum atomic E-state index is 6.51. The van der Waals surface area contributed by atoms with Crippen LogP contribution in [0.3, 0.4) is 0 Å². The average molecular weight is 472 g/mol. The van der Waals surface area contributed by atoms with E-state index in [1.807, 2.05) is 119 Å². The highest BCUT2D eigenvalue weighted by molar-refractivity contribution is 5.33. The highest BCUT2D eigenvalue weighted by atomic mass is 14.8. The van der Waals surface area contributed by atoms with E-state index in [-0.39, 0.29) is 0 Å². The van der Waals surface area contributed by atoms with Crippen molar-refractivity contribution in [2.75, 3.05) is 0 Å². The van der Waals surface area contributed by atoms with Crippen LogP contribution < -0.4 is 5.73 Å². The predicted octanol–water partition coefficient (Wildman–Crippen LogP) is 9.41. The molecule has 0 aliphatic heterocycles. The first kappa shape index (κ1) is 44.6. The summed E-state index contributed by atoms with van der Waals surface area (Å²) in [6, 6.07) is 16.7. The molecular weight excluding hydrogens is 418 g/mol. The van der Waals surface area contributed by atoms with Crippen molar-refractivity contribution >= 4 is 5.82 Å². The van der Waals surface area contributed by atoms with Crippen molar-refractivity contribution in [2.45, 2.75) is 89.6 Å². The lowest BCUT2D eigenvalue weighted by atomic mass is 10.4. The summed E-state index contributed by atoms with van der Waals surface area (Å²) >= 11 is 0. The van der Waals surface area contributed by atoms with Crippen molar-refractivity contribution < 1.29 is 0 Å². The van der Waals surface area contributed by atoms with Crippen LogP contribution in [0.1, 0.15) is 88.8 Å². The Morgan fingerprint density at radius 1 is 0.588 bits per heavy atom. The van der Waals surface area contributed by atoms with E-state index in [4.69, 9.17) is 12.3 Å². The number of nitrogens with zero attached hydrogens (tertiary/aromatic N) is 4. The summed E-state index contributed by atoms with van der Waals surface area (Å²) < 4.78 is 0. The maximum Gasteiger partial charge on any atom is 0.269 e. The zero-order chi connectivity index (χ0) is 27.9. The highest BCUT2D eigenvalue weighted by Crippen LogP contribution is 2.02. The van der Waals surface area contributed by atoms with E-state index < -0.39 is 0 Å². The number of aromatic nitrogens is 3. The van der Waals surface area contributed by atoms with Crippen molar-refractivity contribution in [2.24, 2.45) is 5.73 Å². The van der Waals surface area contributed by atoms with E-state index in [1.165, 1.54) is 0 Å². The number of nitrogens with two attached hydrogens (primary N) is 1. The average Bonchev–Trinajstić information content (AvgIpc) is 3.01. The van der Waals surface area contributed by atoms with Crippen molar-refractivity contribution in [1.29, 1.82) is 0 Å². The summed E-state index contributed by atoms with van der Waals surface area (Å²) in [4.78, 5) is 14.6. The highest BCUT2D eigenvalue weighted by Gasteiger charge is 1.83. The van der Waals surface area contributed by atoms with Crippen molar-refractivity contribution in [3.05, 3.63) is 96.5 Å². The topological polar surface area (TPSA) is 69.0 Å². The second kappa shape index (κ2) is 57.2. The van der Waals surface area contributed by atoms with Crippen LogP contribution in [0.15, 0.2) is 79.4 Å². The van der Waals surface area contributed by atoms with Gasteiger partial charge in [-0.05, 0) is 36.4 Å². The minimum atomic E-state index is 0.451. The molecule has 3 aromatic heterocycles. The van der Waals surface area contributed by atoms with Gasteiger partial charge in [-0.25, -0.2) is 0 Å². The molecule has 5 heteroatoms. The lowest BCUT2D eigenvalue weighted by Gasteiger charge is -1.89. The molecule has 0 bridgehead atoms. The van der Waals surface area contributed by atoms with Gasteiger partial charge in [-0.3, -0.25) is 9.97 Å². The summed E-state index contributed by atoms with van der Waals surface area (Å²) in [7, 11) is 0. The quantitative estimate of drug-likeness (QED) is 0.359. The fourth-order valence-corrected chi connectivity index (χ4v) is 1.25. The molecule has 194 valence electrons. The molecule has 0 unspecified atom stereocenters. The van der Waals surface area contributed by atoms with Gasteiger partial charge in [-0.2, -0.15) is 0 Å². The summed E-state index contributed by atoms with van der Waals surface area (Å²) in [6.45, 7) is 31.0. The smallest absolute Gasteiger partial charge is 0.269 e. The largest absolute Gasteiger partial charge is 0.361 e. The molecule has 2 N–H and O–H groups in total. The number of hydrogen-bond acceptors (Lipinski definition) is 4. The van der Waals surface area contributed by atoms with Crippen LogP contribution in [0.25, 0.3) is 4.85 Å². The molecule has 0 spiro atoms. The maximum absolute atomic E-state index is 6.51. The third-order valence-corrected chi connectivity index (χ3v) is 2.27. The Morgan fingerprint density at radius 2 is 1.00 bits per heavy atom. The first-order chi connectivity index (χ1) is 16.9. The molecule has 0 fully saturated rings. The molecule has 0 saturated heterocycles. The van der Waals surface area contributed by atoms with Crippen LogP contribution in [0.4, 0.5) is 5.82 Å². The van der Waals surface area contributed by atoms with Gasteiger partial charge in [0.05, 0.1) is 5.69 Å². The van der Waals surface area contributed by atoms with Crippen molar-refractivity contribution in [1.82, 2.24) is 15.0 Å². The zero-order valence-corrected chi connectivity index (χ0v) is 24.1. The van der Waals surface area contributed by atoms with Gasteiger partial charge in [0.15, 0.2) is 0 Å². The Kier molecular flexibility index (Phi) is 74.9. The standard InChI is InChI=1S/C6H4N2.C6H8N2.C5H5N.6C2H6/c1-7-6-4-2-3-5-8-6;7-5-6-3-1-2-4-8-6;1-2-4-6-5-3-1;6*1-2/h2-5H;1-4H,5,7H2;1-5H;6*1-2H3. The van der Waals surface area contributed by atoms with Crippen LogP contribution >= 0.6 is 0 Å². The predicted molar refractivity (Wildman–Crippen MR) is 155 cm³/mol. The molecule has 3 heterocycles. The van der Waals surface area contributed by atoms with Gasteiger partial charge >= 0.3 is 0 Å². The van der Waals surface area contributed by atoms with Crippen LogP contribution in [0.5, 0.6) is 0 Å². The molecule has 0 atom stereocenters. The minimum absolute atomic E-state index is 0.451. The first-order valence-corrected chi connectivity index (χ1v) is 12.6. The molecule has 3 rings (SSSR count). The van der Waals surface area contributed by atoms with Gasteiger partial charge in [-0.1, -0.05) is 108 Å². The Hall–Kier alpha value is -3.10. The van der Waals surface area contributed by atoms with E-state index in [1.54, 1.807) is 43.0 Å². The van der Waals surface area contributed by atoms with Crippen LogP contribution in [0, 0.1) is 6.57 Å². The lowest BCUT2D eigenvalue weighted by molar-refractivity contribution is 0.991. The number of hydrogen-bond donors (Lipinski definition) is 1. The van der Waals surface area contributed by atoms with Gasteiger partial charge in [0.25, 0.3) is 5.82 Å². The van der Waals surface area contributed by atoms with Crippen LogP contribution in [-0.2, 0) is 6.54 Å². The SMILES string of the molecule is CC.CC.CC.CC.CC.CC.NCc1ccccn1.[C-]#[N+]c1ccccn1.c1ccncc1. The zero-order valence-electron chi connectivity index (χ0n) is 24.1. The van der Waals surface area contributed by atoms with Gasteiger partial charge in [-0.15, -0.1) is 4.98 Å². The Morgan fingerprint density at radius 3 is 1.18 bits per heavy atom. The molecule has 0 radical (unpaired) electrons. The molecule has 0 amide bonds. The van der Waals surface area contributed by atoms with E-state index in [0.29, 0.717) is 12.4 Å². The second-order valence-electron chi connectivity index (χ2n) is 3.85. The second-order valence-corrected chi connectivity index (χ2v) is 3.85. The molecule has 3 aromatic rings. The molecule has 0 saturated carbocycles. The fraction of sp³-hybridized carbons (Fsp3) is 0.448. The van der Waals surface area contributed by atoms with E-state index >= 15 is 0 Å². The monoisotopic (exact) mass is 471 g/mol. The minimum Gasteiger partial charge on any atom is -0.361 e.